The lowest BCUT2D eigenvalue weighted by atomic mass is 9.82. The highest BCUT2D eigenvalue weighted by molar-refractivity contribution is 5.83. The van der Waals surface area contributed by atoms with Gasteiger partial charge >= 0.3 is 0 Å². The molecule has 0 radical (unpaired) electrons. The lowest BCUT2D eigenvalue weighted by Crippen LogP contribution is -2.15. The quantitative estimate of drug-likeness (QED) is 0.246. The van der Waals surface area contributed by atoms with Crippen LogP contribution in [-0.4, -0.2) is 9.97 Å². The minimum atomic E-state index is -0.0291. The number of aromatic nitrogens is 2. The largest absolute Gasteiger partial charge is 0.247 e. The molecule has 0 amide bonds. The van der Waals surface area contributed by atoms with Gasteiger partial charge in [0.2, 0.25) is 0 Å². The Balaban J connectivity index is 1.33. The van der Waals surface area contributed by atoms with Crippen LogP contribution in [0.5, 0.6) is 0 Å². The third-order valence-corrected chi connectivity index (χ3v) is 8.97. The molecule has 0 unspecified atom stereocenters. The van der Waals surface area contributed by atoms with Gasteiger partial charge < -0.3 is 0 Å². The molecule has 0 atom stereocenters. The summed E-state index contributed by atoms with van der Waals surface area (Å²) in [7, 11) is 0. The molecule has 5 aromatic rings. The second-order valence-electron chi connectivity index (χ2n) is 12.0. The fourth-order valence-electron chi connectivity index (χ4n) is 6.77. The first-order valence-electron chi connectivity index (χ1n) is 13.5. The van der Waals surface area contributed by atoms with Gasteiger partial charge in [-0.3, -0.25) is 0 Å². The van der Waals surface area contributed by atoms with Crippen LogP contribution in [0.25, 0.3) is 45.0 Å². The van der Waals surface area contributed by atoms with Gasteiger partial charge in [-0.25, -0.2) is 9.97 Å². The lowest BCUT2D eigenvalue weighted by Gasteiger charge is -2.21. The Labute approximate surface area is 225 Å². The summed E-state index contributed by atoms with van der Waals surface area (Å²) in [4.78, 5) is 10.5. The molecule has 186 valence electrons. The third kappa shape index (κ3) is 3.07. The topological polar surface area (TPSA) is 25.8 Å². The molecular formula is C36H32N2. The summed E-state index contributed by atoms with van der Waals surface area (Å²) < 4.78 is 0. The van der Waals surface area contributed by atoms with E-state index in [0.29, 0.717) is 0 Å². The van der Waals surface area contributed by atoms with Crippen molar-refractivity contribution in [3.8, 4) is 45.0 Å². The molecule has 0 saturated heterocycles. The van der Waals surface area contributed by atoms with Crippen molar-refractivity contribution in [3.05, 3.63) is 118 Å². The van der Waals surface area contributed by atoms with E-state index in [-0.39, 0.29) is 10.8 Å². The van der Waals surface area contributed by atoms with Crippen molar-refractivity contribution in [1.82, 2.24) is 9.97 Å². The van der Waals surface area contributed by atoms with Crippen LogP contribution >= 0.6 is 0 Å². The maximum atomic E-state index is 5.24. The second kappa shape index (κ2) is 7.74. The SMILES string of the molecule is Cc1cc(-c2ccc3c(n2)-c2ccccc2C3(C)C)c(C)cc1-c1ccc2c(n1)-c1ccccc1C2(C)C. The molecule has 0 spiro atoms. The van der Waals surface area contributed by atoms with Crippen LogP contribution in [-0.2, 0) is 10.8 Å². The van der Waals surface area contributed by atoms with Crippen molar-refractivity contribution in [3.63, 3.8) is 0 Å². The van der Waals surface area contributed by atoms with E-state index < -0.39 is 0 Å². The summed E-state index contributed by atoms with van der Waals surface area (Å²) in [5, 5.41) is 0. The standard InChI is InChI=1S/C36H32N2/c1-21-19-26(32-18-16-30-34(38-32)24-12-8-10-14-28(24)36(30,5)6)22(2)20-25(21)31-17-15-29-33(37-31)23-11-7-9-13-27(23)35(29,3)4/h7-20H,1-6H3. The molecule has 2 heterocycles. The minimum Gasteiger partial charge on any atom is -0.247 e. The average molecular weight is 493 g/mol. The van der Waals surface area contributed by atoms with Gasteiger partial charge in [0.15, 0.2) is 0 Å². The first-order valence-corrected chi connectivity index (χ1v) is 13.5. The summed E-state index contributed by atoms with van der Waals surface area (Å²) >= 11 is 0. The van der Waals surface area contributed by atoms with Gasteiger partial charge in [0.25, 0.3) is 0 Å². The van der Waals surface area contributed by atoms with Gasteiger partial charge in [0, 0.05) is 33.1 Å². The van der Waals surface area contributed by atoms with Crippen LogP contribution < -0.4 is 0 Å². The summed E-state index contributed by atoms with van der Waals surface area (Å²) in [6.07, 6.45) is 0. The number of aryl methyl sites for hydroxylation is 2. The van der Waals surface area contributed by atoms with Gasteiger partial charge in [-0.15, -0.1) is 0 Å². The molecule has 2 nitrogen and oxygen atoms in total. The molecule has 3 aromatic carbocycles. The van der Waals surface area contributed by atoms with Crippen LogP contribution in [0.3, 0.4) is 0 Å². The number of nitrogens with zero attached hydrogens (tertiary/aromatic N) is 2. The average Bonchev–Trinajstić information content (AvgIpc) is 3.29. The number of hydrogen-bond acceptors (Lipinski definition) is 2. The van der Waals surface area contributed by atoms with Gasteiger partial charge in [-0.05, 0) is 71.5 Å². The Kier molecular flexibility index (Phi) is 4.70. The normalized spacial score (nSPS) is 15.5. The molecule has 2 aliphatic carbocycles. The van der Waals surface area contributed by atoms with Crippen molar-refractivity contribution >= 4 is 0 Å². The third-order valence-electron chi connectivity index (χ3n) is 8.97. The number of benzene rings is 3. The van der Waals surface area contributed by atoms with E-state index in [1.54, 1.807) is 0 Å². The Morgan fingerprint density at radius 1 is 0.447 bits per heavy atom. The van der Waals surface area contributed by atoms with Crippen molar-refractivity contribution in [1.29, 1.82) is 0 Å². The molecular weight excluding hydrogens is 460 g/mol. The van der Waals surface area contributed by atoms with E-state index in [9.17, 15) is 0 Å². The predicted molar refractivity (Wildman–Crippen MR) is 158 cm³/mol. The zero-order valence-corrected chi connectivity index (χ0v) is 23.0. The van der Waals surface area contributed by atoms with E-state index in [1.807, 2.05) is 0 Å². The first kappa shape index (κ1) is 23.1. The molecule has 0 saturated carbocycles. The zero-order chi connectivity index (χ0) is 26.4. The van der Waals surface area contributed by atoms with Crippen molar-refractivity contribution in [2.75, 3.05) is 0 Å². The maximum absolute atomic E-state index is 5.24. The fourth-order valence-corrected chi connectivity index (χ4v) is 6.77. The summed E-state index contributed by atoms with van der Waals surface area (Å²) in [6.45, 7) is 13.6. The minimum absolute atomic E-state index is 0.0291. The van der Waals surface area contributed by atoms with Crippen molar-refractivity contribution < 1.29 is 0 Å². The second-order valence-corrected chi connectivity index (χ2v) is 12.0. The molecule has 2 aliphatic rings. The Morgan fingerprint density at radius 2 is 0.842 bits per heavy atom. The molecule has 0 fully saturated rings. The first-order chi connectivity index (χ1) is 18.2. The highest BCUT2D eigenvalue weighted by Gasteiger charge is 2.37. The van der Waals surface area contributed by atoms with Crippen LogP contribution in [0, 0.1) is 13.8 Å². The van der Waals surface area contributed by atoms with Crippen LogP contribution in [0.15, 0.2) is 84.9 Å². The number of fused-ring (bicyclic) bond motifs is 6. The number of hydrogen-bond donors (Lipinski definition) is 0. The molecule has 0 bridgehead atoms. The monoisotopic (exact) mass is 492 g/mol. The molecule has 7 rings (SSSR count). The van der Waals surface area contributed by atoms with Gasteiger partial charge in [-0.2, -0.15) is 0 Å². The summed E-state index contributed by atoms with van der Waals surface area (Å²) in [5.74, 6) is 0. The van der Waals surface area contributed by atoms with E-state index in [4.69, 9.17) is 9.97 Å². The molecule has 2 aromatic heterocycles. The summed E-state index contributed by atoms with van der Waals surface area (Å²) in [5.41, 5.74) is 16.9. The smallest absolute Gasteiger partial charge is 0.0753 e. The van der Waals surface area contributed by atoms with E-state index >= 15 is 0 Å². The Morgan fingerprint density at radius 3 is 1.26 bits per heavy atom. The molecule has 0 N–H and O–H groups in total. The highest BCUT2D eigenvalue weighted by atomic mass is 14.8. The van der Waals surface area contributed by atoms with Gasteiger partial charge in [0.1, 0.15) is 0 Å². The summed E-state index contributed by atoms with van der Waals surface area (Å²) in [6, 6.07) is 30.9. The van der Waals surface area contributed by atoms with E-state index in [2.05, 4.69) is 126 Å². The van der Waals surface area contributed by atoms with Gasteiger partial charge in [-0.1, -0.05) is 88.4 Å². The highest BCUT2D eigenvalue weighted by Crippen LogP contribution is 2.49. The van der Waals surface area contributed by atoms with Gasteiger partial charge in [0.05, 0.1) is 22.8 Å². The zero-order valence-electron chi connectivity index (χ0n) is 23.0. The maximum Gasteiger partial charge on any atom is 0.0753 e. The Bertz CT molecular complexity index is 1660. The molecule has 38 heavy (non-hydrogen) atoms. The predicted octanol–water partition coefficient (Wildman–Crippen LogP) is 9.04. The fraction of sp³-hybridized carbons (Fsp3) is 0.222. The Hall–Kier alpha value is -4.04. The van der Waals surface area contributed by atoms with Crippen LogP contribution in [0.1, 0.15) is 61.1 Å². The van der Waals surface area contributed by atoms with E-state index in [0.717, 1.165) is 22.8 Å². The van der Waals surface area contributed by atoms with Crippen LogP contribution in [0.4, 0.5) is 0 Å². The van der Waals surface area contributed by atoms with E-state index in [1.165, 1.54) is 55.6 Å². The molecule has 0 aliphatic heterocycles. The number of rotatable bonds is 2. The van der Waals surface area contributed by atoms with Crippen LogP contribution in [0.2, 0.25) is 0 Å². The molecule has 2 heteroatoms. The number of pyridine rings is 2. The van der Waals surface area contributed by atoms with Crippen molar-refractivity contribution in [2.45, 2.75) is 52.4 Å². The van der Waals surface area contributed by atoms with Crippen molar-refractivity contribution in [2.24, 2.45) is 0 Å². The lowest BCUT2D eigenvalue weighted by molar-refractivity contribution is 0.659.